The lowest BCUT2D eigenvalue weighted by molar-refractivity contribution is -0.258. The highest BCUT2D eigenvalue weighted by molar-refractivity contribution is 5.98. The second-order valence-electron chi connectivity index (χ2n) is 3.14. The summed E-state index contributed by atoms with van der Waals surface area (Å²) in [6.07, 6.45) is 0. The molecule has 0 bridgehead atoms. The van der Waals surface area contributed by atoms with E-state index >= 15 is 0 Å². The minimum absolute atomic E-state index is 0.544. The first-order valence-electron chi connectivity index (χ1n) is 3.79. The first kappa shape index (κ1) is 11.1. The predicted molar refractivity (Wildman–Crippen MR) is 47.4 cm³/mol. The van der Waals surface area contributed by atoms with Crippen molar-refractivity contribution >= 4 is 10.5 Å². The Kier molecular flexibility index (Phi) is 3.70. The molecular weight excluding hydrogens is 160 g/mol. The van der Waals surface area contributed by atoms with Crippen LogP contribution in [0.25, 0.3) is 0 Å². The highest BCUT2D eigenvalue weighted by Crippen LogP contribution is 2.25. The molecule has 0 aliphatic carbocycles. The monoisotopic (exact) mass is 178 g/mol. The van der Waals surface area contributed by atoms with Gasteiger partial charge in [0.05, 0.1) is 0 Å². The third-order valence-electron chi connectivity index (χ3n) is 1.92. The molecule has 0 aromatic rings. The molecule has 0 saturated carbocycles. The SMILES string of the molecule is CCOC(C)(O[SiH3])C(C)(C)O. The molecule has 0 heterocycles. The van der Waals surface area contributed by atoms with Gasteiger partial charge < -0.3 is 14.3 Å². The number of aliphatic hydroxyl groups is 1. The van der Waals surface area contributed by atoms with Gasteiger partial charge in [-0.3, -0.25) is 0 Å². The Hall–Kier alpha value is 0.0969. The maximum absolute atomic E-state index is 9.64. The Morgan fingerprint density at radius 1 is 1.36 bits per heavy atom. The van der Waals surface area contributed by atoms with Gasteiger partial charge in [-0.2, -0.15) is 0 Å². The summed E-state index contributed by atoms with van der Waals surface area (Å²) in [5, 5.41) is 9.64. The molecule has 0 fully saturated rings. The standard InChI is InChI=1S/C7H18O3Si/c1-5-9-7(4,10-11)6(2,3)8/h8H,5H2,1-4,11H3. The lowest BCUT2D eigenvalue weighted by atomic mass is 10.00. The summed E-state index contributed by atoms with van der Waals surface area (Å²) in [6.45, 7) is 7.54. The number of hydrogen-bond acceptors (Lipinski definition) is 3. The number of rotatable bonds is 4. The smallest absolute Gasteiger partial charge is 0.183 e. The molecule has 3 nitrogen and oxygen atoms in total. The zero-order valence-electron chi connectivity index (χ0n) is 7.97. The summed E-state index contributed by atoms with van der Waals surface area (Å²) in [5.74, 6) is -0.853. The van der Waals surface area contributed by atoms with E-state index in [9.17, 15) is 5.11 Å². The molecule has 0 spiro atoms. The van der Waals surface area contributed by atoms with Crippen LogP contribution in [0.15, 0.2) is 0 Å². The van der Waals surface area contributed by atoms with E-state index in [0.717, 1.165) is 0 Å². The molecule has 68 valence electrons. The van der Waals surface area contributed by atoms with E-state index in [2.05, 4.69) is 0 Å². The van der Waals surface area contributed by atoms with E-state index in [1.165, 1.54) is 0 Å². The van der Waals surface area contributed by atoms with Gasteiger partial charge in [-0.15, -0.1) is 0 Å². The van der Waals surface area contributed by atoms with E-state index < -0.39 is 11.4 Å². The molecule has 1 atom stereocenters. The molecule has 1 unspecified atom stereocenters. The first-order valence-corrected chi connectivity index (χ1v) is 4.60. The topological polar surface area (TPSA) is 38.7 Å². The molecule has 11 heavy (non-hydrogen) atoms. The van der Waals surface area contributed by atoms with Gasteiger partial charge in [-0.25, -0.2) is 0 Å². The first-order chi connectivity index (χ1) is 4.87. The van der Waals surface area contributed by atoms with E-state index in [-0.39, 0.29) is 0 Å². The Labute approximate surface area is 71.2 Å². The van der Waals surface area contributed by atoms with Crippen molar-refractivity contribution in [3.63, 3.8) is 0 Å². The molecule has 1 N–H and O–H groups in total. The van der Waals surface area contributed by atoms with Crippen LogP contribution in [-0.2, 0) is 9.16 Å². The summed E-state index contributed by atoms with van der Waals surface area (Å²) in [4.78, 5) is 0. The van der Waals surface area contributed by atoms with Crippen LogP contribution >= 0.6 is 0 Å². The molecule has 0 aliphatic rings. The van der Waals surface area contributed by atoms with Gasteiger partial charge in [0.1, 0.15) is 16.1 Å². The minimum atomic E-state index is -0.954. The van der Waals surface area contributed by atoms with Crippen LogP contribution in [-0.4, -0.2) is 33.6 Å². The summed E-state index contributed by atoms with van der Waals surface area (Å²) in [7, 11) is 0.557. The van der Waals surface area contributed by atoms with Crippen molar-refractivity contribution in [2.24, 2.45) is 0 Å². The molecule has 0 radical (unpaired) electrons. The minimum Gasteiger partial charge on any atom is -0.400 e. The van der Waals surface area contributed by atoms with Gasteiger partial charge in [-0.1, -0.05) is 0 Å². The van der Waals surface area contributed by atoms with E-state index in [1.54, 1.807) is 20.8 Å². The molecule has 0 amide bonds. The van der Waals surface area contributed by atoms with Crippen LogP contribution < -0.4 is 0 Å². The van der Waals surface area contributed by atoms with Crippen molar-refractivity contribution < 1.29 is 14.3 Å². The summed E-state index contributed by atoms with van der Waals surface area (Å²) >= 11 is 0. The fourth-order valence-corrected chi connectivity index (χ4v) is 1.38. The predicted octanol–water partition coefficient (Wildman–Crippen LogP) is -0.193. The zero-order chi connectivity index (χ0) is 9.12. The van der Waals surface area contributed by atoms with Gasteiger partial charge in [0.25, 0.3) is 0 Å². The lowest BCUT2D eigenvalue weighted by Gasteiger charge is -2.38. The van der Waals surface area contributed by atoms with Gasteiger partial charge in [-0.05, 0) is 27.7 Å². The fourth-order valence-electron chi connectivity index (χ4n) is 0.761. The van der Waals surface area contributed by atoms with E-state index in [0.29, 0.717) is 17.1 Å². The number of ether oxygens (including phenoxy) is 1. The second-order valence-corrected chi connectivity index (χ2v) is 3.55. The average Bonchev–Trinajstić information content (AvgIpc) is 1.86. The lowest BCUT2D eigenvalue weighted by Crippen LogP contribution is -2.51. The Morgan fingerprint density at radius 3 is 1.91 bits per heavy atom. The molecule has 0 aliphatic heterocycles. The highest BCUT2D eigenvalue weighted by Gasteiger charge is 2.40. The molecule has 4 heteroatoms. The van der Waals surface area contributed by atoms with E-state index in [1.807, 2.05) is 6.92 Å². The third-order valence-corrected chi connectivity index (χ3v) is 2.70. The number of hydrogen-bond donors (Lipinski definition) is 1. The van der Waals surface area contributed by atoms with Crippen LogP contribution in [0.2, 0.25) is 0 Å². The van der Waals surface area contributed by atoms with Crippen LogP contribution in [0, 0.1) is 0 Å². The van der Waals surface area contributed by atoms with E-state index in [4.69, 9.17) is 9.16 Å². The summed E-state index contributed by atoms with van der Waals surface area (Å²) in [6, 6.07) is 0. The molecule has 0 rings (SSSR count). The van der Waals surface area contributed by atoms with Crippen molar-refractivity contribution in [2.75, 3.05) is 6.61 Å². The summed E-state index contributed by atoms with van der Waals surface area (Å²) in [5.41, 5.74) is -0.954. The van der Waals surface area contributed by atoms with Crippen molar-refractivity contribution in [3.8, 4) is 0 Å². The largest absolute Gasteiger partial charge is 0.400 e. The van der Waals surface area contributed by atoms with Gasteiger partial charge in [0.2, 0.25) is 0 Å². The quantitative estimate of drug-likeness (QED) is 0.479. The maximum atomic E-state index is 9.64. The zero-order valence-corrected chi connectivity index (χ0v) is 9.97. The summed E-state index contributed by atoms with van der Waals surface area (Å²) < 4.78 is 10.5. The van der Waals surface area contributed by atoms with Gasteiger partial charge in [0.15, 0.2) is 5.79 Å². The van der Waals surface area contributed by atoms with Crippen LogP contribution in [0.3, 0.4) is 0 Å². The normalized spacial score (nSPS) is 18.3. The van der Waals surface area contributed by atoms with Gasteiger partial charge in [0, 0.05) is 6.61 Å². The molecular formula is C7H18O3Si. The Bertz CT molecular complexity index is 121. The van der Waals surface area contributed by atoms with Gasteiger partial charge >= 0.3 is 0 Å². The Morgan fingerprint density at radius 2 is 1.82 bits per heavy atom. The van der Waals surface area contributed by atoms with Crippen molar-refractivity contribution in [1.29, 1.82) is 0 Å². The third kappa shape index (κ3) is 2.55. The molecule has 0 saturated heterocycles. The maximum Gasteiger partial charge on any atom is 0.183 e. The van der Waals surface area contributed by atoms with Crippen LogP contribution in [0.5, 0.6) is 0 Å². The molecule has 0 aromatic carbocycles. The second kappa shape index (κ2) is 3.67. The highest BCUT2D eigenvalue weighted by atomic mass is 28.2. The van der Waals surface area contributed by atoms with Crippen molar-refractivity contribution in [3.05, 3.63) is 0 Å². The van der Waals surface area contributed by atoms with Crippen molar-refractivity contribution in [1.82, 2.24) is 0 Å². The van der Waals surface area contributed by atoms with Crippen LogP contribution in [0.1, 0.15) is 27.7 Å². The fraction of sp³-hybridized carbons (Fsp3) is 1.00. The molecule has 0 aromatic heterocycles. The van der Waals surface area contributed by atoms with Crippen molar-refractivity contribution in [2.45, 2.75) is 39.1 Å². The average molecular weight is 178 g/mol. The van der Waals surface area contributed by atoms with Crippen LogP contribution in [0.4, 0.5) is 0 Å². The Balaban J connectivity index is 4.33.